The summed E-state index contributed by atoms with van der Waals surface area (Å²) >= 11 is 0. The van der Waals surface area contributed by atoms with Crippen molar-refractivity contribution in [3.05, 3.63) is 71.9 Å². The average Bonchev–Trinajstić information content (AvgIpc) is 3.99. The van der Waals surface area contributed by atoms with Crippen molar-refractivity contribution in [2.24, 2.45) is 23.7 Å². The Kier molecular flexibility index (Phi) is 22.8. The molecule has 1 saturated heterocycles. The fraction of sp³-hybridized carbons (Fsp3) is 0.630. The lowest BCUT2D eigenvalue weighted by Gasteiger charge is -2.41. The first-order valence-electron chi connectivity index (χ1n) is 25.4. The number of aromatic amines is 1. The Labute approximate surface area is 416 Å². The van der Waals surface area contributed by atoms with Crippen molar-refractivity contribution in [2.75, 3.05) is 41.4 Å². The van der Waals surface area contributed by atoms with E-state index < -0.39 is 54.3 Å². The van der Waals surface area contributed by atoms with Crippen molar-refractivity contribution in [1.29, 1.82) is 0 Å². The molecule has 3 aromatic rings. The molecule has 16 heteroatoms. The molecular weight excluding hydrogens is 891 g/mol. The van der Waals surface area contributed by atoms with Crippen LogP contribution in [0.25, 0.3) is 10.9 Å². The fourth-order valence-corrected chi connectivity index (χ4v) is 10.2. The minimum atomic E-state index is -0.897. The second-order valence-corrected chi connectivity index (χ2v) is 20.0. The van der Waals surface area contributed by atoms with E-state index in [0.717, 1.165) is 34.9 Å². The zero-order chi connectivity index (χ0) is 51.7. The number of likely N-dealkylation sites (N-methyl/N-ethyl adjacent to an activating group) is 2. The molecule has 0 bridgehead atoms. The first kappa shape index (κ1) is 57.3. The van der Waals surface area contributed by atoms with Gasteiger partial charge in [0.05, 0.1) is 42.7 Å². The van der Waals surface area contributed by atoms with Gasteiger partial charge in [0.15, 0.2) is 0 Å². The number of carboxylic acid groups (broad SMARTS) is 1. The van der Waals surface area contributed by atoms with Crippen LogP contribution in [0.3, 0.4) is 0 Å². The molecule has 1 aromatic heterocycles. The molecule has 70 heavy (non-hydrogen) atoms. The van der Waals surface area contributed by atoms with Gasteiger partial charge >= 0.3 is 5.97 Å². The number of unbranched alkanes of at least 4 members (excludes halogenated alkanes) is 2. The Morgan fingerprint density at radius 2 is 1.53 bits per heavy atom. The van der Waals surface area contributed by atoms with E-state index in [9.17, 15) is 28.8 Å². The summed E-state index contributed by atoms with van der Waals surface area (Å²) in [5.41, 5.74) is 2.75. The minimum absolute atomic E-state index is 0.0314. The molecule has 2 heterocycles. The van der Waals surface area contributed by atoms with Crippen LogP contribution in [0.4, 0.5) is 0 Å². The summed E-state index contributed by atoms with van der Waals surface area (Å²) in [7, 11) is 6.69. The number of aliphatic carboxylic acids is 1. The number of likely N-dealkylation sites (tertiary alicyclic amines) is 1. The molecule has 5 N–H and O–H groups in total. The second-order valence-electron chi connectivity index (χ2n) is 20.0. The van der Waals surface area contributed by atoms with Crippen LogP contribution in [0.15, 0.2) is 60.8 Å². The molecule has 0 aliphatic carbocycles. The summed E-state index contributed by atoms with van der Waals surface area (Å²) < 4.78 is 12.2. The topological polar surface area (TPSA) is 203 Å². The van der Waals surface area contributed by atoms with E-state index in [2.05, 4.69) is 20.9 Å². The predicted molar refractivity (Wildman–Crippen MR) is 272 cm³/mol. The zero-order valence-corrected chi connectivity index (χ0v) is 43.7. The SMILES string of the molecule is CCC(C)C(C(CC(=O)N1CCC[C@H]1C(OC)C(C)C(=O)NC(Cc1c[nH]c2ccccc12)C(=O)NCc1ccccc1)OC)N(C)C(=O)C(NC(=O)C(C(C)C)N(C)CCCCCC(=O)O)C(C)C. The molecule has 1 fully saturated rings. The lowest BCUT2D eigenvalue weighted by Crippen LogP contribution is -2.60. The Bertz CT molecular complexity index is 2150. The van der Waals surface area contributed by atoms with E-state index >= 15 is 0 Å². The highest BCUT2D eigenvalue weighted by Crippen LogP contribution is 2.30. The van der Waals surface area contributed by atoms with Crippen LogP contribution in [0.2, 0.25) is 0 Å². The maximum absolute atomic E-state index is 14.6. The van der Waals surface area contributed by atoms with Crippen molar-refractivity contribution in [3.8, 4) is 0 Å². The van der Waals surface area contributed by atoms with Gasteiger partial charge in [0.1, 0.15) is 12.1 Å². The molecule has 0 spiro atoms. The van der Waals surface area contributed by atoms with Crippen LogP contribution in [0, 0.1) is 23.7 Å². The molecule has 2 aromatic carbocycles. The van der Waals surface area contributed by atoms with E-state index in [4.69, 9.17) is 14.6 Å². The smallest absolute Gasteiger partial charge is 0.303 e. The summed E-state index contributed by atoms with van der Waals surface area (Å²) in [6, 6.07) is 14.2. The van der Waals surface area contributed by atoms with Gasteiger partial charge in [-0.15, -0.1) is 0 Å². The van der Waals surface area contributed by atoms with E-state index in [0.29, 0.717) is 45.3 Å². The van der Waals surface area contributed by atoms with Crippen molar-refractivity contribution < 1.29 is 43.3 Å². The molecular formula is C54H83N7O9. The van der Waals surface area contributed by atoms with Crippen molar-refractivity contribution in [1.82, 2.24) is 35.6 Å². The summed E-state index contributed by atoms with van der Waals surface area (Å²) in [5.74, 6) is -3.38. The molecule has 388 valence electrons. The molecule has 0 saturated carbocycles. The Morgan fingerprint density at radius 1 is 0.843 bits per heavy atom. The molecule has 1 aliphatic rings. The zero-order valence-electron chi connectivity index (χ0n) is 43.7. The number of carbonyl (C=O) groups is 6. The summed E-state index contributed by atoms with van der Waals surface area (Å²) in [6.07, 6.45) is 4.86. The monoisotopic (exact) mass is 974 g/mol. The van der Waals surface area contributed by atoms with Gasteiger partial charge < -0.3 is 45.3 Å². The summed E-state index contributed by atoms with van der Waals surface area (Å²) in [5, 5.41) is 19.1. The highest BCUT2D eigenvalue weighted by molar-refractivity contribution is 5.91. The quantitative estimate of drug-likeness (QED) is 0.0501. The average molecular weight is 974 g/mol. The Morgan fingerprint density at radius 3 is 2.16 bits per heavy atom. The Balaban J connectivity index is 1.48. The molecule has 4 rings (SSSR count). The number of nitrogens with zero attached hydrogens (tertiary/aromatic N) is 3. The van der Waals surface area contributed by atoms with Crippen LogP contribution >= 0.6 is 0 Å². The highest BCUT2D eigenvalue weighted by atomic mass is 16.5. The van der Waals surface area contributed by atoms with Gasteiger partial charge in [0.25, 0.3) is 0 Å². The first-order valence-corrected chi connectivity index (χ1v) is 25.4. The van der Waals surface area contributed by atoms with Crippen molar-refractivity contribution in [3.63, 3.8) is 0 Å². The lowest BCUT2D eigenvalue weighted by atomic mass is 9.89. The lowest BCUT2D eigenvalue weighted by molar-refractivity contribution is -0.148. The third-order valence-corrected chi connectivity index (χ3v) is 14.3. The van der Waals surface area contributed by atoms with Crippen LogP contribution in [0.5, 0.6) is 0 Å². The Hall–Kier alpha value is -5.32. The van der Waals surface area contributed by atoms with Crippen LogP contribution in [0.1, 0.15) is 111 Å². The third-order valence-electron chi connectivity index (χ3n) is 14.3. The number of hydrogen-bond donors (Lipinski definition) is 5. The number of benzene rings is 2. The number of nitrogens with one attached hydrogen (secondary N) is 4. The molecule has 16 nitrogen and oxygen atoms in total. The van der Waals surface area contributed by atoms with Crippen LogP contribution < -0.4 is 16.0 Å². The van der Waals surface area contributed by atoms with Gasteiger partial charge in [-0.25, -0.2) is 0 Å². The number of rotatable bonds is 29. The minimum Gasteiger partial charge on any atom is -0.481 e. The summed E-state index contributed by atoms with van der Waals surface area (Å²) in [6.45, 7) is 14.9. The number of ether oxygens (including phenoxy) is 2. The number of hydrogen-bond acceptors (Lipinski definition) is 9. The number of amides is 5. The highest BCUT2D eigenvalue weighted by Gasteiger charge is 2.43. The molecule has 0 radical (unpaired) electrons. The van der Waals surface area contributed by atoms with Gasteiger partial charge in [0.2, 0.25) is 29.5 Å². The van der Waals surface area contributed by atoms with Crippen molar-refractivity contribution >= 4 is 46.4 Å². The number of methoxy groups -OCH3 is 2. The normalized spacial score (nSPS) is 17.4. The standard InChI is InChI=1S/C54H83N7O9/c1-12-36(6)49(60(9)54(68)47(34(2)3)58-53(67)48(35(4)5)59(8)28-20-14-17-27-46(63)64)44(69-10)31-45(62)61-29-21-26-43(61)50(70-11)37(7)51(65)57-42(52(66)56-32-38-22-15-13-16-23-38)30-39-33-55-41-25-19-18-24-40(39)41/h13,15-16,18-19,22-25,33-37,42-44,47-50,55H,12,14,17,20-21,26-32H2,1-11H3,(H,56,66)(H,57,65)(H,58,67)(H,63,64)/t36?,37?,42?,43-,44?,47?,48?,49?,50?/m0/s1. The number of para-hydroxylation sites is 1. The van der Waals surface area contributed by atoms with Gasteiger partial charge in [-0.05, 0) is 74.2 Å². The fourth-order valence-electron chi connectivity index (χ4n) is 10.2. The first-order chi connectivity index (χ1) is 33.3. The van der Waals surface area contributed by atoms with Crippen molar-refractivity contribution in [2.45, 2.75) is 155 Å². The van der Waals surface area contributed by atoms with Gasteiger partial charge in [0, 0.05) is 64.3 Å². The largest absolute Gasteiger partial charge is 0.481 e. The van der Waals surface area contributed by atoms with E-state index in [1.807, 2.05) is 114 Å². The number of carboxylic acids is 1. The van der Waals surface area contributed by atoms with E-state index in [1.165, 1.54) is 0 Å². The third kappa shape index (κ3) is 15.6. The van der Waals surface area contributed by atoms with Crippen LogP contribution in [-0.4, -0.2) is 144 Å². The predicted octanol–water partition coefficient (Wildman–Crippen LogP) is 6.17. The maximum atomic E-state index is 14.6. The number of H-pyrrole nitrogens is 1. The van der Waals surface area contributed by atoms with E-state index in [-0.39, 0.29) is 66.6 Å². The summed E-state index contributed by atoms with van der Waals surface area (Å²) in [4.78, 5) is 91.0. The second kappa shape index (κ2) is 27.9. The van der Waals surface area contributed by atoms with Gasteiger partial charge in [-0.1, -0.05) is 110 Å². The number of aromatic nitrogens is 1. The van der Waals surface area contributed by atoms with Crippen LogP contribution in [-0.2, 0) is 51.2 Å². The van der Waals surface area contributed by atoms with Gasteiger partial charge in [-0.3, -0.25) is 33.7 Å². The number of fused-ring (bicyclic) bond motifs is 1. The molecule has 9 atom stereocenters. The number of carbonyl (C=O) groups excluding carboxylic acids is 5. The van der Waals surface area contributed by atoms with E-state index in [1.54, 1.807) is 38.0 Å². The van der Waals surface area contributed by atoms with Gasteiger partial charge in [-0.2, -0.15) is 0 Å². The molecule has 8 unspecified atom stereocenters. The maximum Gasteiger partial charge on any atom is 0.303 e. The molecule has 5 amide bonds. The molecule has 1 aliphatic heterocycles.